The van der Waals surface area contributed by atoms with Crippen molar-refractivity contribution in [2.75, 3.05) is 6.54 Å². The van der Waals surface area contributed by atoms with Gasteiger partial charge in [0.05, 0.1) is 5.56 Å². The Morgan fingerprint density at radius 3 is 2.58 bits per heavy atom. The number of nitrogens with zero attached hydrogens (tertiary/aromatic N) is 1. The lowest BCUT2D eigenvalue weighted by Gasteiger charge is -2.13. The van der Waals surface area contributed by atoms with Crippen LogP contribution in [0, 0.1) is 13.8 Å². The van der Waals surface area contributed by atoms with Gasteiger partial charge in [-0.25, -0.2) is 4.79 Å². The molecule has 0 saturated heterocycles. The SMILES string of the molecule is C=CCNC(=O)C(C)OC(=O)c1cc(C)n(-c2ccccc2)c1C. The predicted molar refractivity (Wildman–Crippen MR) is 93.3 cm³/mol. The molecule has 2 aromatic rings. The van der Waals surface area contributed by atoms with Gasteiger partial charge < -0.3 is 14.6 Å². The predicted octanol–water partition coefficient (Wildman–Crippen LogP) is 2.94. The number of benzene rings is 1. The van der Waals surface area contributed by atoms with E-state index < -0.39 is 12.1 Å². The van der Waals surface area contributed by atoms with Crippen molar-refractivity contribution in [3.63, 3.8) is 0 Å². The third-order valence-corrected chi connectivity index (χ3v) is 3.74. The molecule has 0 aliphatic heterocycles. The Labute approximate surface area is 141 Å². The summed E-state index contributed by atoms with van der Waals surface area (Å²) in [5, 5.41) is 2.61. The minimum atomic E-state index is -0.864. The summed E-state index contributed by atoms with van der Waals surface area (Å²) in [6, 6.07) is 11.5. The lowest BCUT2D eigenvalue weighted by Crippen LogP contribution is -2.35. The topological polar surface area (TPSA) is 60.3 Å². The number of hydrogen-bond acceptors (Lipinski definition) is 3. The van der Waals surface area contributed by atoms with Crippen molar-refractivity contribution in [1.29, 1.82) is 0 Å². The van der Waals surface area contributed by atoms with Gasteiger partial charge in [-0.1, -0.05) is 24.3 Å². The second kappa shape index (κ2) is 7.64. The monoisotopic (exact) mass is 326 g/mol. The molecule has 1 atom stereocenters. The summed E-state index contributed by atoms with van der Waals surface area (Å²) in [4.78, 5) is 24.2. The number of aryl methyl sites for hydroxylation is 1. The number of amides is 1. The van der Waals surface area contributed by atoms with E-state index in [1.165, 1.54) is 0 Å². The first-order valence-electron chi connectivity index (χ1n) is 7.79. The third kappa shape index (κ3) is 3.74. The molecule has 2 rings (SSSR count). The normalized spacial score (nSPS) is 11.6. The zero-order valence-corrected chi connectivity index (χ0v) is 14.2. The van der Waals surface area contributed by atoms with Crippen LogP contribution in [0.2, 0.25) is 0 Å². The average molecular weight is 326 g/mol. The molecule has 0 saturated carbocycles. The molecule has 0 fully saturated rings. The van der Waals surface area contributed by atoms with Crippen molar-refractivity contribution >= 4 is 11.9 Å². The van der Waals surface area contributed by atoms with Gasteiger partial charge in [-0.3, -0.25) is 4.79 Å². The molecule has 1 unspecified atom stereocenters. The first-order valence-corrected chi connectivity index (χ1v) is 7.79. The largest absolute Gasteiger partial charge is 0.449 e. The Morgan fingerprint density at radius 2 is 1.96 bits per heavy atom. The van der Waals surface area contributed by atoms with Crippen molar-refractivity contribution in [3.8, 4) is 5.69 Å². The zero-order valence-electron chi connectivity index (χ0n) is 14.2. The maximum absolute atomic E-state index is 12.4. The number of ether oxygens (including phenoxy) is 1. The van der Waals surface area contributed by atoms with E-state index in [9.17, 15) is 9.59 Å². The molecule has 24 heavy (non-hydrogen) atoms. The Hall–Kier alpha value is -2.82. The third-order valence-electron chi connectivity index (χ3n) is 3.74. The number of carbonyl (C=O) groups excluding carboxylic acids is 2. The van der Waals surface area contributed by atoms with Crippen LogP contribution in [0.3, 0.4) is 0 Å². The van der Waals surface area contributed by atoms with Crippen LogP contribution in [0.4, 0.5) is 0 Å². The summed E-state index contributed by atoms with van der Waals surface area (Å²) in [5.74, 6) is -0.855. The fraction of sp³-hybridized carbons (Fsp3) is 0.263. The minimum absolute atomic E-state index is 0.337. The van der Waals surface area contributed by atoms with Crippen LogP contribution in [0.1, 0.15) is 28.7 Å². The number of aromatic nitrogens is 1. The van der Waals surface area contributed by atoms with Gasteiger partial charge >= 0.3 is 5.97 Å². The van der Waals surface area contributed by atoms with Crippen molar-refractivity contribution < 1.29 is 14.3 Å². The van der Waals surface area contributed by atoms with Crippen molar-refractivity contribution in [3.05, 3.63) is 66.0 Å². The smallest absolute Gasteiger partial charge is 0.340 e. The molecule has 1 aromatic carbocycles. The highest BCUT2D eigenvalue weighted by Gasteiger charge is 2.22. The maximum atomic E-state index is 12.4. The highest BCUT2D eigenvalue weighted by Crippen LogP contribution is 2.21. The summed E-state index contributed by atoms with van der Waals surface area (Å²) in [7, 11) is 0. The molecule has 0 radical (unpaired) electrons. The number of para-hydroxylation sites is 1. The van der Waals surface area contributed by atoms with E-state index in [2.05, 4.69) is 11.9 Å². The summed E-state index contributed by atoms with van der Waals surface area (Å²) in [6.07, 6.45) is 0.706. The molecular formula is C19H22N2O3. The highest BCUT2D eigenvalue weighted by molar-refractivity contribution is 5.93. The van der Waals surface area contributed by atoms with Gasteiger partial charge in [-0.2, -0.15) is 0 Å². The van der Waals surface area contributed by atoms with E-state index in [4.69, 9.17) is 4.74 Å². The zero-order chi connectivity index (χ0) is 17.7. The van der Waals surface area contributed by atoms with E-state index in [1.807, 2.05) is 48.7 Å². The van der Waals surface area contributed by atoms with E-state index in [1.54, 1.807) is 19.1 Å². The Kier molecular flexibility index (Phi) is 5.58. The fourth-order valence-corrected chi connectivity index (χ4v) is 2.54. The maximum Gasteiger partial charge on any atom is 0.340 e. The summed E-state index contributed by atoms with van der Waals surface area (Å²) >= 11 is 0. The van der Waals surface area contributed by atoms with Crippen LogP contribution in [0.15, 0.2) is 49.1 Å². The molecule has 1 aromatic heterocycles. The Morgan fingerprint density at radius 1 is 1.29 bits per heavy atom. The van der Waals surface area contributed by atoms with Crippen LogP contribution in [0.25, 0.3) is 5.69 Å². The van der Waals surface area contributed by atoms with Crippen molar-refractivity contribution in [2.24, 2.45) is 0 Å². The first kappa shape index (κ1) is 17.5. The van der Waals surface area contributed by atoms with Gasteiger partial charge in [-0.15, -0.1) is 6.58 Å². The fourth-order valence-electron chi connectivity index (χ4n) is 2.54. The van der Waals surface area contributed by atoms with Crippen LogP contribution >= 0.6 is 0 Å². The lowest BCUT2D eigenvalue weighted by atomic mass is 10.2. The molecule has 0 aliphatic rings. The summed E-state index contributed by atoms with van der Waals surface area (Å²) in [5.41, 5.74) is 3.14. The summed E-state index contributed by atoms with van der Waals surface area (Å²) < 4.78 is 7.27. The molecule has 0 aliphatic carbocycles. The molecule has 1 heterocycles. The molecule has 126 valence electrons. The van der Waals surface area contributed by atoms with E-state index in [0.29, 0.717) is 12.1 Å². The van der Waals surface area contributed by atoms with Gasteiger partial charge in [0.1, 0.15) is 0 Å². The molecule has 1 amide bonds. The van der Waals surface area contributed by atoms with E-state index >= 15 is 0 Å². The minimum Gasteiger partial charge on any atom is -0.449 e. The molecular weight excluding hydrogens is 304 g/mol. The number of nitrogens with one attached hydrogen (secondary N) is 1. The number of esters is 1. The quantitative estimate of drug-likeness (QED) is 0.656. The van der Waals surface area contributed by atoms with Gasteiger partial charge in [0.2, 0.25) is 0 Å². The van der Waals surface area contributed by atoms with Gasteiger partial charge in [0.15, 0.2) is 6.10 Å². The van der Waals surface area contributed by atoms with Gasteiger partial charge in [-0.05, 0) is 39.0 Å². The average Bonchev–Trinajstić information content (AvgIpc) is 2.87. The Bertz CT molecular complexity index is 747. The van der Waals surface area contributed by atoms with Crippen molar-refractivity contribution in [1.82, 2.24) is 9.88 Å². The van der Waals surface area contributed by atoms with Crippen molar-refractivity contribution in [2.45, 2.75) is 26.9 Å². The van der Waals surface area contributed by atoms with Crippen LogP contribution in [-0.2, 0) is 9.53 Å². The second-order valence-corrected chi connectivity index (χ2v) is 5.54. The standard InChI is InChI=1S/C19H22N2O3/c1-5-11-20-18(22)15(4)24-19(23)17-12-13(2)21(14(17)3)16-9-7-6-8-10-16/h5-10,12,15H,1,11H2,2-4H3,(H,20,22). The van der Waals surface area contributed by atoms with Crippen LogP contribution < -0.4 is 5.32 Å². The van der Waals surface area contributed by atoms with E-state index in [0.717, 1.165) is 17.1 Å². The number of carbonyl (C=O) groups is 2. The van der Waals surface area contributed by atoms with Gasteiger partial charge in [0.25, 0.3) is 5.91 Å². The second-order valence-electron chi connectivity index (χ2n) is 5.54. The lowest BCUT2D eigenvalue weighted by molar-refractivity contribution is -0.128. The summed E-state index contributed by atoms with van der Waals surface area (Å²) in [6.45, 7) is 9.20. The number of rotatable bonds is 6. The first-order chi connectivity index (χ1) is 11.5. The van der Waals surface area contributed by atoms with Gasteiger partial charge in [0, 0.05) is 23.6 Å². The number of hydrogen-bond donors (Lipinski definition) is 1. The molecule has 0 spiro atoms. The molecule has 5 nitrogen and oxygen atoms in total. The molecule has 1 N–H and O–H groups in total. The van der Waals surface area contributed by atoms with Crippen LogP contribution in [0.5, 0.6) is 0 Å². The van der Waals surface area contributed by atoms with E-state index in [-0.39, 0.29) is 5.91 Å². The molecule has 5 heteroatoms. The Balaban J connectivity index is 2.19. The van der Waals surface area contributed by atoms with Crippen LogP contribution in [-0.4, -0.2) is 29.1 Å². The highest BCUT2D eigenvalue weighted by atomic mass is 16.5. The molecule has 0 bridgehead atoms.